The van der Waals surface area contributed by atoms with Crippen molar-refractivity contribution in [2.24, 2.45) is 5.41 Å². The Balaban J connectivity index is 2.48. The molecule has 0 aliphatic carbocycles. The third-order valence-corrected chi connectivity index (χ3v) is 2.78. The summed E-state index contributed by atoms with van der Waals surface area (Å²) in [6, 6.07) is 0.0856. The van der Waals surface area contributed by atoms with Crippen LogP contribution in [0.3, 0.4) is 0 Å². The Kier molecular flexibility index (Phi) is 3.72. The number of nitrogens with one attached hydrogen (secondary N) is 1. The lowest BCUT2D eigenvalue weighted by atomic mass is 9.84. The number of alkyl halides is 1. The van der Waals surface area contributed by atoms with Crippen LogP contribution in [0.2, 0.25) is 0 Å². The highest BCUT2D eigenvalue weighted by Gasteiger charge is 2.32. The largest absolute Gasteiger partial charge is 0.311 e. The Hall–Kier alpha value is -0.110. The lowest BCUT2D eigenvalue weighted by molar-refractivity contribution is 0.114. The maximum atomic E-state index is 13.9. The summed E-state index contributed by atoms with van der Waals surface area (Å²) in [6.07, 6.45) is 3.91. The van der Waals surface area contributed by atoms with E-state index in [-0.39, 0.29) is 11.5 Å². The van der Waals surface area contributed by atoms with Gasteiger partial charge in [0.05, 0.1) is 0 Å². The van der Waals surface area contributed by atoms with Crippen LogP contribution in [-0.2, 0) is 0 Å². The lowest BCUT2D eigenvalue weighted by Crippen LogP contribution is -2.43. The molecular formula is C11H22FN. The van der Waals surface area contributed by atoms with E-state index in [4.69, 9.17) is 0 Å². The van der Waals surface area contributed by atoms with E-state index in [9.17, 15) is 4.39 Å². The van der Waals surface area contributed by atoms with Crippen LogP contribution in [0.5, 0.6) is 0 Å². The van der Waals surface area contributed by atoms with Crippen molar-refractivity contribution >= 4 is 0 Å². The van der Waals surface area contributed by atoms with Crippen molar-refractivity contribution in [3.63, 3.8) is 0 Å². The predicted octanol–water partition coefficient (Wildman–Crippen LogP) is 2.90. The van der Waals surface area contributed by atoms with Crippen LogP contribution < -0.4 is 5.32 Å². The van der Waals surface area contributed by atoms with Crippen molar-refractivity contribution in [2.45, 2.75) is 58.7 Å². The average Bonchev–Trinajstić information content (AvgIpc) is 2.28. The molecule has 0 bridgehead atoms. The first kappa shape index (κ1) is 11.0. The van der Waals surface area contributed by atoms with Crippen molar-refractivity contribution in [3.8, 4) is 0 Å². The fraction of sp³-hybridized carbons (Fsp3) is 1.00. The molecule has 1 aliphatic rings. The summed E-state index contributed by atoms with van der Waals surface area (Å²) in [5.41, 5.74) is -0.220. The first-order valence-electron chi connectivity index (χ1n) is 5.39. The summed E-state index contributed by atoms with van der Waals surface area (Å²) in [7, 11) is 0. The van der Waals surface area contributed by atoms with Gasteiger partial charge >= 0.3 is 0 Å². The first-order valence-corrected chi connectivity index (χ1v) is 5.39. The Morgan fingerprint density at radius 1 is 1.23 bits per heavy atom. The summed E-state index contributed by atoms with van der Waals surface area (Å²) < 4.78 is 13.9. The zero-order valence-corrected chi connectivity index (χ0v) is 9.07. The number of hydrogen-bond acceptors (Lipinski definition) is 1. The molecule has 2 atom stereocenters. The van der Waals surface area contributed by atoms with Crippen molar-refractivity contribution in [1.82, 2.24) is 5.32 Å². The molecule has 1 N–H and O–H groups in total. The summed E-state index contributed by atoms with van der Waals surface area (Å²) >= 11 is 0. The number of halogens is 1. The molecule has 1 nitrogen and oxygen atoms in total. The van der Waals surface area contributed by atoms with Gasteiger partial charge in [-0.2, -0.15) is 0 Å². The fourth-order valence-corrected chi connectivity index (χ4v) is 1.91. The molecule has 2 unspecified atom stereocenters. The fourth-order valence-electron chi connectivity index (χ4n) is 1.91. The molecule has 1 rings (SSSR count). The molecular weight excluding hydrogens is 165 g/mol. The minimum absolute atomic E-state index is 0.0856. The molecule has 0 saturated carbocycles. The van der Waals surface area contributed by atoms with E-state index < -0.39 is 6.17 Å². The van der Waals surface area contributed by atoms with Gasteiger partial charge in [0.15, 0.2) is 0 Å². The molecule has 1 fully saturated rings. The molecule has 1 saturated heterocycles. The number of hydrogen-bond donors (Lipinski definition) is 1. The molecule has 0 aromatic heterocycles. The van der Waals surface area contributed by atoms with Gasteiger partial charge in [-0.25, -0.2) is 4.39 Å². The first-order chi connectivity index (χ1) is 6.02. The van der Waals surface area contributed by atoms with Crippen LogP contribution in [-0.4, -0.2) is 18.8 Å². The smallest absolute Gasteiger partial charge is 0.120 e. The lowest BCUT2D eigenvalue weighted by Gasteiger charge is -2.30. The monoisotopic (exact) mass is 187 g/mol. The highest BCUT2D eigenvalue weighted by atomic mass is 19.1. The summed E-state index contributed by atoms with van der Waals surface area (Å²) in [5.74, 6) is 0. The Morgan fingerprint density at radius 3 is 2.54 bits per heavy atom. The van der Waals surface area contributed by atoms with Gasteiger partial charge in [0.2, 0.25) is 0 Å². The van der Waals surface area contributed by atoms with Crippen LogP contribution in [0, 0.1) is 5.41 Å². The molecule has 2 heteroatoms. The van der Waals surface area contributed by atoms with Gasteiger partial charge in [-0.3, -0.25) is 0 Å². The molecule has 0 radical (unpaired) electrons. The van der Waals surface area contributed by atoms with E-state index in [1.165, 1.54) is 19.3 Å². The maximum Gasteiger partial charge on any atom is 0.120 e. The normalized spacial score (nSPS) is 28.2. The molecule has 0 aromatic rings. The van der Waals surface area contributed by atoms with Gasteiger partial charge in [0.25, 0.3) is 0 Å². The standard InChI is InChI=1S/C11H22FN/c1-11(2,3)10(12)9-7-5-4-6-8-13-9/h9-10,13H,4-8H2,1-3H3. The Morgan fingerprint density at radius 2 is 1.92 bits per heavy atom. The maximum absolute atomic E-state index is 13.9. The minimum Gasteiger partial charge on any atom is -0.311 e. The molecule has 13 heavy (non-hydrogen) atoms. The summed E-state index contributed by atoms with van der Waals surface area (Å²) in [4.78, 5) is 0. The summed E-state index contributed by atoms with van der Waals surface area (Å²) in [6.45, 7) is 6.92. The van der Waals surface area contributed by atoms with Gasteiger partial charge < -0.3 is 5.32 Å². The van der Waals surface area contributed by atoms with Gasteiger partial charge in [0.1, 0.15) is 6.17 Å². The van der Waals surface area contributed by atoms with E-state index in [0.717, 1.165) is 13.0 Å². The third-order valence-electron chi connectivity index (χ3n) is 2.78. The van der Waals surface area contributed by atoms with E-state index in [0.29, 0.717) is 0 Å². The van der Waals surface area contributed by atoms with E-state index >= 15 is 0 Å². The molecule has 0 spiro atoms. The van der Waals surface area contributed by atoms with Gasteiger partial charge in [0, 0.05) is 6.04 Å². The molecule has 0 amide bonds. The van der Waals surface area contributed by atoms with Crippen LogP contribution in [0.15, 0.2) is 0 Å². The SMILES string of the molecule is CC(C)(C)C(F)C1CCCCCN1. The summed E-state index contributed by atoms with van der Waals surface area (Å²) in [5, 5.41) is 3.31. The highest BCUT2D eigenvalue weighted by molar-refractivity contribution is 4.86. The zero-order chi connectivity index (χ0) is 9.90. The highest BCUT2D eigenvalue weighted by Crippen LogP contribution is 2.28. The minimum atomic E-state index is -0.717. The van der Waals surface area contributed by atoms with Crippen molar-refractivity contribution in [2.75, 3.05) is 6.54 Å². The van der Waals surface area contributed by atoms with Gasteiger partial charge in [-0.05, 0) is 24.8 Å². The third kappa shape index (κ3) is 3.26. The molecule has 1 heterocycles. The second kappa shape index (κ2) is 4.41. The van der Waals surface area contributed by atoms with Crippen LogP contribution >= 0.6 is 0 Å². The molecule has 0 aromatic carbocycles. The van der Waals surface area contributed by atoms with E-state index in [2.05, 4.69) is 5.32 Å². The van der Waals surface area contributed by atoms with Crippen molar-refractivity contribution in [3.05, 3.63) is 0 Å². The van der Waals surface area contributed by atoms with Crippen molar-refractivity contribution in [1.29, 1.82) is 0 Å². The second-order valence-electron chi connectivity index (χ2n) is 5.18. The molecule has 78 valence electrons. The van der Waals surface area contributed by atoms with Crippen LogP contribution in [0.1, 0.15) is 46.5 Å². The van der Waals surface area contributed by atoms with Crippen molar-refractivity contribution < 1.29 is 4.39 Å². The topological polar surface area (TPSA) is 12.0 Å². The van der Waals surface area contributed by atoms with Crippen LogP contribution in [0.25, 0.3) is 0 Å². The Bertz CT molecular complexity index is 143. The van der Waals surface area contributed by atoms with Gasteiger partial charge in [-0.15, -0.1) is 0 Å². The van der Waals surface area contributed by atoms with E-state index in [1.54, 1.807) is 0 Å². The van der Waals surface area contributed by atoms with Gasteiger partial charge in [-0.1, -0.05) is 33.6 Å². The number of rotatable bonds is 1. The zero-order valence-electron chi connectivity index (χ0n) is 9.07. The van der Waals surface area contributed by atoms with E-state index in [1.807, 2.05) is 20.8 Å². The molecule has 1 aliphatic heterocycles. The average molecular weight is 187 g/mol. The Labute approximate surface area is 81.1 Å². The van der Waals surface area contributed by atoms with Crippen LogP contribution in [0.4, 0.5) is 4.39 Å². The second-order valence-corrected chi connectivity index (χ2v) is 5.18. The predicted molar refractivity (Wildman–Crippen MR) is 54.6 cm³/mol. The quantitative estimate of drug-likeness (QED) is 0.665.